The molecule has 4 aromatic rings. The maximum atomic E-state index is 13.0. The van der Waals surface area contributed by atoms with Crippen LogP contribution in [-0.4, -0.2) is 11.6 Å². The summed E-state index contributed by atoms with van der Waals surface area (Å²) in [7, 11) is 0. The molecule has 0 bridgehead atoms. The van der Waals surface area contributed by atoms with Gasteiger partial charge >= 0.3 is 0 Å². The van der Waals surface area contributed by atoms with Gasteiger partial charge in [0.1, 0.15) is 34.5 Å². The third-order valence-electron chi connectivity index (χ3n) is 5.95. The molecule has 0 amide bonds. The van der Waals surface area contributed by atoms with E-state index in [9.17, 15) is 9.59 Å². The fourth-order valence-electron chi connectivity index (χ4n) is 3.73. The summed E-state index contributed by atoms with van der Waals surface area (Å²) in [6.07, 6.45) is 4.87. The first kappa shape index (κ1) is 27.9. The standard InChI is InChI=1S/C35H30O5/c1-5-27(26(4)36)9-8-25(3)38-30-16-10-28(11-17-30)35(37)29-12-18-32(19-13-29)40-34-22-20-33(21-23-34)39-31-14-6-24(2)7-15-31/h5-23H,1H2,2-4H3/b25-8+,27-9+. The molecule has 4 rings (SSSR count). The predicted molar refractivity (Wildman–Crippen MR) is 157 cm³/mol. The van der Waals surface area contributed by atoms with Gasteiger partial charge in [0, 0.05) is 16.7 Å². The predicted octanol–water partition coefficient (Wildman–Crippen LogP) is 8.79. The molecule has 4 aromatic carbocycles. The zero-order valence-electron chi connectivity index (χ0n) is 22.7. The topological polar surface area (TPSA) is 61.8 Å². The minimum atomic E-state index is -0.108. The lowest BCUT2D eigenvalue weighted by atomic mass is 10.0. The lowest BCUT2D eigenvalue weighted by molar-refractivity contribution is -0.113. The second-order valence-electron chi connectivity index (χ2n) is 9.13. The lowest BCUT2D eigenvalue weighted by Gasteiger charge is -2.09. The summed E-state index contributed by atoms with van der Waals surface area (Å²) in [5.41, 5.74) is 2.76. The van der Waals surface area contributed by atoms with Crippen molar-refractivity contribution in [3.63, 3.8) is 0 Å². The molecule has 5 heteroatoms. The summed E-state index contributed by atoms with van der Waals surface area (Å²) >= 11 is 0. The number of carbonyl (C=O) groups is 2. The van der Waals surface area contributed by atoms with Crippen LogP contribution in [0.2, 0.25) is 0 Å². The average Bonchev–Trinajstić information content (AvgIpc) is 2.96. The minimum absolute atomic E-state index is 0.0696. The van der Waals surface area contributed by atoms with Crippen molar-refractivity contribution < 1.29 is 23.8 Å². The molecule has 0 heterocycles. The van der Waals surface area contributed by atoms with Crippen LogP contribution in [-0.2, 0) is 4.79 Å². The van der Waals surface area contributed by atoms with Crippen LogP contribution in [0.3, 0.4) is 0 Å². The molecule has 0 N–H and O–H groups in total. The Morgan fingerprint density at radius 3 is 1.43 bits per heavy atom. The lowest BCUT2D eigenvalue weighted by Crippen LogP contribution is -2.01. The summed E-state index contributed by atoms with van der Waals surface area (Å²) in [4.78, 5) is 24.5. The Kier molecular flexibility index (Phi) is 9.11. The Morgan fingerprint density at radius 1 is 0.600 bits per heavy atom. The van der Waals surface area contributed by atoms with Crippen LogP contribution in [0.1, 0.15) is 35.3 Å². The molecular formula is C35H30O5. The van der Waals surface area contributed by atoms with Gasteiger partial charge in [-0.1, -0.05) is 30.4 Å². The van der Waals surface area contributed by atoms with Gasteiger partial charge in [-0.25, -0.2) is 0 Å². The molecule has 40 heavy (non-hydrogen) atoms. The van der Waals surface area contributed by atoms with Crippen molar-refractivity contribution in [1.82, 2.24) is 0 Å². The zero-order chi connectivity index (χ0) is 28.5. The van der Waals surface area contributed by atoms with E-state index in [2.05, 4.69) is 6.58 Å². The molecule has 5 nitrogen and oxygen atoms in total. The van der Waals surface area contributed by atoms with Crippen molar-refractivity contribution in [2.24, 2.45) is 0 Å². The SMILES string of the molecule is C=C/C(=C\C=C(/C)Oc1ccc(C(=O)c2ccc(Oc3ccc(Oc4ccc(C)cc4)cc3)cc2)cc1)C(C)=O. The molecule has 0 aliphatic carbocycles. The van der Waals surface area contributed by atoms with Gasteiger partial charge in [-0.2, -0.15) is 0 Å². The molecule has 0 saturated carbocycles. The van der Waals surface area contributed by atoms with E-state index in [1.54, 1.807) is 67.6 Å². The quantitative estimate of drug-likeness (QED) is 0.0839. The second-order valence-corrected chi connectivity index (χ2v) is 9.13. The highest BCUT2D eigenvalue weighted by Gasteiger charge is 2.10. The van der Waals surface area contributed by atoms with Gasteiger partial charge in [0.2, 0.25) is 0 Å². The normalized spacial score (nSPS) is 11.5. The maximum absolute atomic E-state index is 13.0. The summed E-state index contributed by atoms with van der Waals surface area (Å²) in [5, 5.41) is 0. The van der Waals surface area contributed by atoms with Gasteiger partial charge in [0.15, 0.2) is 11.6 Å². The van der Waals surface area contributed by atoms with Crippen molar-refractivity contribution >= 4 is 11.6 Å². The average molecular weight is 531 g/mol. The number of aryl methyl sites for hydroxylation is 1. The van der Waals surface area contributed by atoms with E-state index < -0.39 is 0 Å². The molecule has 0 aliphatic rings. The number of ether oxygens (including phenoxy) is 3. The van der Waals surface area contributed by atoms with Gasteiger partial charge in [-0.15, -0.1) is 0 Å². The molecule has 0 aromatic heterocycles. The number of carbonyl (C=O) groups excluding carboxylic acids is 2. The van der Waals surface area contributed by atoms with E-state index in [0.29, 0.717) is 45.5 Å². The highest BCUT2D eigenvalue weighted by atomic mass is 16.5. The van der Waals surface area contributed by atoms with Gasteiger partial charge in [-0.3, -0.25) is 9.59 Å². The van der Waals surface area contributed by atoms with Crippen LogP contribution in [0.15, 0.2) is 133 Å². The van der Waals surface area contributed by atoms with Gasteiger partial charge in [0.05, 0.1) is 0 Å². The van der Waals surface area contributed by atoms with E-state index in [1.807, 2.05) is 55.5 Å². The third kappa shape index (κ3) is 7.68. The highest BCUT2D eigenvalue weighted by molar-refractivity contribution is 6.09. The number of Topliss-reactive ketones (excluding diaryl/α,β-unsaturated/α-hetero) is 1. The van der Waals surface area contributed by atoms with Gasteiger partial charge < -0.3 is 14.2 Å². The van der Waals surface area contributed by atoms with Gasteiger partial charge in [-0.05, 0) is 118 Å². The maximum Gasteiger partial charge on any atom is 0.193 e. The van der Waals surface area contributed by atoms with Gasteiger partial charge in [0.25, 0.3) is 0 Å². The largest absolute Gasteiger partial charge is 0.462 e. The Bertz CT molecular complexity index is 1540. The molecule has 0 saturated heterocycles. The molecule has 0 spiro atoms. The van der Waals surface area contributed by atoms with E-state index in [4.69, 9.17) is 14.2 Å². The van der Waals surface area contributed by atoms with E-state index in [1.165, 1.54) is 18.6 Å². The summed E-state index contributed by atoms with van der Waals surface area (Å²) in [6, 6.07) is 29.1. The first-order valence-electron chi connectivity index (χ1n) is 12.8. The fraction of sp³-hybridized carbons (Fsp3) is 0.0857. The summed E-state index contributed by atoms with van der Waals surface area (Å²) < 4.78 is 17.6. The Hall–Kier alpha value is -5.16. The third-order valence-corrected chi connectivity index (χ3v) is 5.95. The smallest absolute Gasteiger partial charge is 0.193 e. The first-order valence-corrected chi connectivity index (χ1v) is 12.8. The first-order chi connectivity index (χ1) is 19.3. The Labute approximate surface area is 234 Å². The summed E-state index contributed by atoms with van der Waals surface area (Å²) in [6.45, 7) is 8.93. The molecule has 0 aliphatic heterocycles. The van der Waals surface area contributed by atoms with Crippen LogP contribution >= 0.6 is 0 Å². The molecule has 0 radical (unpaired) electrons. The van der Waals surface area contributed by atoms with Crippen LogP contribution < -0.4 is 14.2 Å². The number of ketones is 2. The fourth-order valence-corrected chi connectivity index (χ4v) is 3.73. The van der Waals surface area contributed by atoms with Crippen molar-refractivity contribution in [2.45, 2.75) is 20.8 Å². The number of rotatable bonds is 11. The van der Waals surface area contributed by atoms with E-state index >= 15 is 0 Å². The zero-order valence-corrected chi connectivity index (χ0v) is 22.7. The Morgan fingerprint density at radius 2 is 1.00 bits per heavy atom. The van der Waals surface area contributed by atoms with Crippen molar-refractivity contribution in [1.29, 1.82) is 0 Å². The second kappa shape index (κ2) is 13.1. The highest BCUT2D eigenvalue weighted by Crippen LogP contribution is 2.27. The molecule has 0 fully saturated rings. The molecule has 200 valence electrons. The van der Waals surface area contributed by atoms with E-state index in [-0.39, 0.29) is 11.6 Å². The number of hydrogen-bond donors (Lipinski definition) is 0. The molecule has 0 atom stereocenters. The minimum Gasteiger partial charge on any atom is -0.462 e. The van der Waals surface area contributed by atoms with Crippen LogP contribution in [0.5, 0.6) is 28.7 Å². The van der Waals surface area contributed by atoms with Crippen molar-refractivity contribution in [2.75, 3.05) is 0 Å². The Balaban J connectivity index is 1.34. The number of benzene rings is 4. The van der Waals surface area contributed by atoms with Crippen molar-refractivity contribution in [3.05, 3.63) is 150 Å². The van der Waals surface area contributed by atoms with E-state index in [0.717, 1.165) is 5.75 Å². The van der Waals surface area contributed by atoms with Crippen LogP contribution in [0.4, 0.5) is 0 Å². The number of allylic oxidation sites excluding steroid dienone is 5. The van der Waals surface area contributed by atoms with Crippen LogP contribution in [0, 0.1) is 6.92 Å². The monoisotopic (exact) mass is 530 g/mol. The van der Waals surface area contributed by atoms with Crippen molar-refractivity contribution in [3.8, 4) is 28.7 Å². The summed E-state index contributed by atoms with van der Waals surface area (Å²) in [5.74, 6) is 3.77. The molecule has 0 unspecified atom stereocenters. The van der Waals surface area contributed by atoms with Crippen LogP contribution in [0.25, 0.3) is 0 Å². The number of hydrogen-bond acceptors (Lipinski definition) is 5. The molecular weight excluding hydrogens is 500 g/mol.